The van der Waals surface area contributed by atoms with Crippen molar-refractivity contribution in [3.05, 3.63) is 53.5 Å². The highest BCUT2D eigenvalue weighted by Crippen LogP contribution is 2.29. The zero-order valence-corrected chi connectivity index (χ0v) is 23.5. The second kappa shape index (κ2) is 15.8. The number of amides is 2. The minimum absolute atomic E-state index is 0.145. The Morgan fingerprint density at radius 3 is 2.59 bits per heavy atom. The number of hydrogen-bond acceptors (Lipinski definition) is 8. The van der Waals surface area contributed by atoms with Crippen LogP contribution in [0.5, 0.6) is 0 Å². The molecular weight excluding hydrogens is 488 g/mol. The maximum atomic E-state index is 12.5. The van der Waals surface area contributed by atoms with Crippen molar-refractivity contribution in [3.8, 4) is 0 Å². The van der Waals surface area contributed by atoms with Gasteiger partial charge in [0.15, 0.2) is 6.29 Å². The largest absolute Gasteiger partial charge is 0.394 e. The average Bonchev–Trinajstić information content (AvgIpc) is 2.85. The van der Waals surface area contributed by atoms with Gasteiger partial charge in [-0.05, 0) is 43.7 Å². The van der Waals surface area contributed by atoms with Crippen LogP contribution in [0.15, 0.2) is 42.2 Å². The van der Waals surface area contributed by atoms with Crippen LogP contribution in [-0.2, 0) is 16.0 Å². The summed E-state index contributed by atoms with van der Waals surface area (Å²) in [5.74, 6) is 0.317. The van der Waals surface area contributed by atoms with Gasteiger partial charge in [0.1, 0.15) is 17.8 Å². The Hall–Kier alpha value is -3.27. The number of aldehydes is 1. The van der Waals surface area contributed by atoms with Crippen molar-refractivity contribution in [2.45, 2.75) is 66.3 Å². The Morgan fingerprint density at radius 1 is 1.32 bits per heavy atom. The van der Waals surface area contributed by atoms with E-state index in [1.54, 1.807) is 13.0 Å². The molecule has 0 radical (unpaired) electrons. The lowest BCUT2D eigenvalue weighted by atomic mass is 9.79. The SMILES string of the molecule is C=CC(C/C=C/NC)C(C)(C)C.CC/C=C(/C=O)SC(=N)C(C)NC(=O)c1ncnc2c1CCC(=O)N2. The van der Waals surface area contributed by atoms with E-state index in [-0.39, 0.29) is 23.1 Å². The molecule has 202 valence electrons. The fourth-order valence-electron chi connectivity index (χ4n) is 3.38. The zero-order valence-electron chi connectivity index (χ0n) is 22.7. The number of hydrogen-bond donors (Lipinski definition) is 4. The molecule has 0 saturated carbocycles. The first-order valence-electron chi connectivity index (χ1n) is 12.3. The summed E-state index contributed by atoms with van der Waals surface area (Å²) < 4.78 is 0. The van der Waals surface area contributed by atoms with Gasteiger partial charge < -0.3 is 16.0 Å². The van der Waals surface area contributed by atoms with Gasteiger partial charge in [-0.25, -0.2) is 9.97 Å². The molecular formula is C27H40N6O3S. The molecule has 4 N–H and O–H groups in total. The van der Waals surface area contributed by atoms with Crippen molar-refractivity contribution < 1.29 is 14.4 Å². The molecule has 1 aromatic heterocycles. The van der Waals surface area contributed by atoms with Crippen LogP contribution in [0, 0.1) is 16.7 Å². The van der Waals surface area contributed by atoms with Gasteiger partial charge in [0, 0.05) is 23.9 Å². The third kappa shape index (κ3) is 10.7. The monoisotopic (exact) mass is 528 g/mol. The molecule has 2 heterocycles. The second-order valence-corrected chi connectivity index (χ2v) is 10.6. The number of carbonyl (C=O) groups excluding carboxylic acids is 3. The van der Waals surface area contributed by atoms with Crippen LogP contribution in [0.1, 0.15) is 69.9 Å². The molecule has 0 spiro atoms. The molecule has 1 aliphatic heterocycles. The number of aromatic nitrogens is 2. The topological polar surface area (TPSA) is 137 Å². The van der Waals surface area contributed by atoms with Gasteiger partial charge >= 0.3 is 0 Å². The van der Waals surface area contributed by atoms with Crippen molar-refractivity contribution in [2.24, 2.45) is 11.3 Å². The third-order valence-electron chi connectivity index (χ3n) is 5.58. The van der Waals surface area contributed by atoms with E-state index in [0.29, 0.717) is 46.7 Å². The van der Waals surface area contributed by atoms with Gasteiger partial charge in [-0.15, -0.1) is 6.58 Å². The Labute approximate surface area is 224 Å². The molecule has 0 aliphatic carbocycles. The van der Waals surface area contributed by atoms with E-state index in [0.717, 1.165) is 18.2 Å². The standard InChI is InChI=1S/C16H19N5O3S.C11H21N/c1-3-4-10(7-22)25-14(17)9(2)20-16(24)13-11-5-6-12(23)21-15(11)19-8-18-13;1-6-10(11(2,3)4)8-7-9-12-5/h4,7-9,17H,3,5-6H2,1-2H3,(H,20,24)(H,18,19,21,23);6-7,9-10,12H,1,8H2,2-5H3/b10-4-,17-14?;9-7+. The average molecular weight is 529 g/mol. The van der Waals surface area contributed by atoms with Gasteiger partial charge in [0.2, 0.25) is 5.91 Å². The van der Waals surface area contributed by atoms with Crippen LogP contribution in [0.3, 0.4) is 0 Å². The molecule has 10 heteroatoms. The zero-order chi connectivity index (χ0) is 28.0. The Balaban J connectivity index is 0.000000482. The number of anilines is 1. The molecule has 0 saturated heterocycles. The van der Waals surface area contributed by atoms with E-state index in [2.05, 4.69) is 59.3 Å². The highest BCUT2D eigenvalue weighted by Gasteiger charge is 2.25. The van der Waals surface area contributed by atoms with Crippen LogP contribution >= 0.6 is 11.8 Å². The first kappa shape index (κ1) is 31.8. The normalized spacial score (nSPS) is 14.9. The molecule has 2 rings (SSSR count). The number of rotatable bonds is 10. The van der Waals surface area contributed by atoms with E-state index < -0.39 is 11.9 Å². The number of thioether (sulfide) groups is 1. The molecule has 1 aliphatic rings. The molecule has 2 amide bonds. The van der Waals surface area contributed by atoms with Crippen molar-refractivity contribution in [3.63, 3.8) is 0 Å². The fourth-order valence-corrected chi connectivity index (χ4v) is 4.17. The van der Waals surface area contributed by atoms with Crippen LogP contribution in [0.2, 0.25) is 0 Å². The summed E-state index contributed by atoms with van der Waals surface area (Å²) in [5.41, 5.74) is 1.10. The van der Waals surface area contributed by atoms with E-state index >= 15 is 0 Å². The third-order valence-corrected chi connectivity index (χ3v) is 6.65. The number of carbonyl (C=O) groups is 3. The van der Waals surface area contributed by atoms with Crippen LogP contribution < -0.4 is 16.0 Å². The van der Waals surface area contributed by atoms with Crippen LogP contribution in [0.25, 0.3) is 0 Å². The summed E-state index contributed by atoms with van der Waals surface area (Å²) in [6.07, 6.45) is 12.2. The summed E-state index contributed by atoms with van der Waals surface area (Å²) in [6.45, 7) is 14.1. The molecule has 2 atom stereocenters. The number of nitrogens with zero attached hydrogens (tertiary/aromatic N) is 2. The number of nitrogens with one attached hydrogen (secondary N) is 4. The van der Waals surface area contributed by atoms with E-state index in [9.17, 15) is 14.4 Å². The van der Waals surface area contributed by atoms with E-state index in [1.807, 2.05) is 26.2 Å². The minimum Gasteiger partial charge on any atom is -0.394 e. The maximum Gasteiger partial charge on any atom is 0.270 e. The van der Waals surface area contributed by atoms with Crippen molar-refractivity contribution in [1.29, 1.82) is 5.41 Å². The summed E-state index contributed by atoms with van der Waals surface area (Å²) in [7, 11) is 1.91. The molecule has 9 nitrogen and oxygen atoms in total. The van der Waals surface area contributed by atoms with E-state index in [1.165, 1.54) is 6.33 Å². The summed E-state index contributed by atoms with van der Waals surface area (Å²) >= 11 is 1.02. The highest BCUT2D eigenvalue weighted by atomic mass is 32.2. The lowest BCUT2D eigenvalue weighted by Gasteiger charge is -2.26. The Kier molecular flexibility index (Phi) is 13.5. The quantitative estimate of drug-likeness (QED) is 0.114. The Bertz CT molecular complexity index is 1030. The molecule has 1 aromatic rings. The molecule has 2 unspecified atom stereocenters. The van der Waals surface area contributed by atoms with Crippen LogP contribution in [-0.4, -0.2) is 46.2 Å². The van der Waals surface area contributed by atoms with Crippen molar-refractivity contribution in [2.75, 3.05) is 12.4 Å². The summed E-state index contributed by atoms with van der Waals surface area (Å²) in [6, 6.07) is -0.582. The fraction of sp³-hybridized carbons (Fsp3) is 0.481. The summed E-state index contributed by atoms with van der Waals surface area (Å²) in [4.78, 5) is 43.3. The molecule has 0 fully saturated rings. The molecule has 0 bridgehead atoms. The lowest BCUT2D eigenvalue weighted by molar-refractivity contribution is -0.116. The van der Waals surface area contributed by atoms with Crippen molar-refractivity contribution in [1.82, 2.24) is 20.6 Å². The van der Waals surface area contributed by atoms with Gasteiger partial charge in [0.05, 0.1) is 11.1 Å². The van der Waals surface area contributed by atoms with E-state index in [4.69, 9.17) is 5.41 Å². The Morgan fingerprint density at radius 2 is 2.03 bits per heavy atom. The summed E-state index contributed by atoms with van der Waals surface area (Å²) in [5, 5.41) is 16.5. The predicted octanol–water partition coefficient (Wildman–Crippen LogP) is 4.64. The smallest absolute Gasteiger partial charge is 0.270 e. The predicted molar refractivity (Wildman–Crippen MR) is 152 cm³/mol. The highest BCUT2D eigenvalue weighted by molar-refractivity contribution is 8.17. The van der Waals surface area contributed by atoms with Gasteiger partial charge in [-0.2, -0.15) is 0 Å². The lowest BCUT2D eigenvalue weighted by Crippen LogP contribution is -2.38. The second-order valence-electron chi connectivity index (χ2n) is 9.53. The van der Waals surface area contributed by atoms with Crippen LogP contribution in [0.4, 0.5) is 5.82 Å². The first-order valence-corrected chi connectivity index (χ1v) is 13.1. The number of allylic oxidation sites excluding steroid dienone is 4. The first-order chi connectivity index (χ1) is 17.5. The van der Waals surface area contributed by atoms with Gasteiger partial charge in [0.25, 0.3) is 5.91 Å². The van der Waals surface area contributed by atoms with Crippen molar-refractivity contribution >= 4 is 40.7 Å². The molecule has 0 aromatic carbocycles. The number of fused-ring (bicyclic) bond motifs is 1. The molecule has 37 heavy (non-hydrogen) atoms. The minimum atomic E-state index is -0.582. The van der Waals surface area contributed by atoms with Gasteiger partial charge in [-0.1, -0.05) is 57.7 Å². The van der Waals surface area contributed by atoms with Gasteiger partial charge in [-0.3, -0.25) is 19.8 Å². The maximum absolute atomic E-state index is 12.5.